The lowest BCUT2D eigenvalue weighted by molar-refractivity contribution is -0.145. The van der Waals surface area contributed by atoms with Gasteiger partial charge in [0.1, 0.15) is 6.04 Å². The summed E-state index contributed by atoms with van der Waals surface area (Å²) < 4.78 is 9.94. The van der Waals surface area contributed by atoms with Crippen molar-refractivity contribution in [2.45, 2.75) is 18.9 Å². The smallest absolute Gasteiger partial charge is 0.328 e. The van der Waals surface area contributed by atoms with Gasteiger partial charge in [0.05, 0.1) is 19.6 Å². The maximum atomic E-state index is 12.2. The van der Waals surface area contributed by atoms with E-state index in [1.807, 2.05) is 0 Å². The summed E-state index contributed by atoms with van der Waals surface area (Å²) in [6.07, 6.45) is 0.892. The van der Waals surface area contributed by atoms with Crippen LogP contribution in [-0.4, -0.2) is 38.2 Å². The summed E-state index contributed by atoms with van der Waals surface area (Å²) in [6, 6.07) is 4.21. The second-order valence-electron chi connectivity index (χ2n) is 5.08. The molecule has 22 heavy (non-hydrogen) atoms. The lowest BCUT2D eigenvalue weighted by Crippen LogP contribution is -2.45. The van der Waals surface area contributed by atoms with E-state index in [0.717, 1.165) is 0 Å². The highest BCUT2D eigenvalue weighted by Gasteiger charge is 2.29. The first-order chi connectivity index (χ1) is 10.5. The Labute approximate surface area is 138 Å². The zero-order valence-electron chi connectivity index (χ0n) is 12.1. The maximum absolute atomic E-state index is 12.2. The van der Waals surface area contributed by atoms with Crippen LogP contribution in [-0.2, 0) is 25.5 Å². The van der Waals surface area contributed by atoms with Crippen LogP contribution in [0.4, 0.5) is 0 Å². The summed E-state index contributed by atoms with van der Waals surface area (Å²) in [5, 5.41) is 3.67. The Morgan fingerprint density at radius 3 is 2.82 bits per heavy atom. The summed E-state index contributed by atoms with van der Waals surface area (Å²) in [6.45, 7) is 0.936. The molecule has 2 atom stereocenters. The molecule has 0 unspecified atom stereocenters. The molecule has 0 aliphatic carbocycles. The van der Waals surface area contributed by atoms with Crippen molar-refractivity contribution in [2.75, 3.05) is 20.3 Å². The molecule has 1 aromatic rings. The third-order valence-corrected chi connectivity index (χ3v) is 4.13. The quantitative estimate of drug-likeness (QED) is 0.831. The molecule has 1 aliphatic rings. The van der Waals surface area contributed by atoms with Crippen molar-refractivity contribution in [2.24, 2.45) is 5.92 Å². The topological polar surface area (TPSA) is 64.6 Å². The average Bonchev–Trinajstić information content (AvgIpc) is 3.02. The second kappa shape index (κ2) is 7.81. The molecule has 1 aliphatic heterocycles. The van der Waals surface area contributed by atoms with Crippen molar-refractivity contribution in [3.05, 3.63) is 33.8 Å². The fourth-order valence-electron chi connectivity index (χ4n) is 2.27. The molecular formula is C15H17Cl2NO4. The van der Waals surface area contributed by atoms with E-state index < -0.39 is 12.0 Å². The number of esters is 1. The summed E-state index contributed by atoms with van der Waals surface area (Å²) >= 11 is 12.0. The van der Waals surface area contributed by atoms with E-state index in [0.29, 0.717) is 35.2 Å². The Balaban J connectivity index is 2.08. The lowest BCUT2D eigenvalue weighted by atomic mass is 10.0. The van der Waals surface area contributed by atoms with Gasteiger partial charge in [0.2, 0.25) is 5.91 Å². The van der Waals surface area contributed by atoms with Crippen LogP contribution in [0.2, 0.25) is 10.0 Å². The molecule has 1 fully saturated rings. The minimum absolute atomic E-state index is 0.210. The van der Waals surface area contributed by atoms with Crippen LogP contribution >= 0.6 is 23.2 Å². The van der Waals surface area contributed by atoms with Crippen LogP contribution in [0.3, 0.4) is 0 Å². The number of ether oxygens (including phenoxy) is 2. The monoisotopic (exact) mass is 345 g/mol. The molecule has 1 saturated heterocycles. The summed E-state index contributed by atoms with van der Waals surface area (Å²) in [5.74, 6) is -0.955. The molecule has 0 saturated carbocycles. The standard InChI is InChI=1S/C15H17Cl2NO4/c1-21-15(20)13(18-14(19)10-4-5-22-8-10)6-9-2-3-11(16)7-12(9)17/h2-3,7,10,13H,4-6,8H2,1H3,(H,18,19)/t10-,13+/m1/s1. The molecule has 7 heteroatoms. The summed E-state index contributed by atoms with van der Waals surface area (Å²) in [5.41, 5.74) is 0.712. The summed E-state index contributed by atoms with van der Waals surface area (Å²) in [4.78, 5) is 24.1. The highest BCUT2D eigenvalue weighted by molar-refractivity contribution is 6.35. The molecule has 0 aromatic heterocycles. The first kappa shape index (κ1) is 17.1. The Morgan fingerprint density at radius 2 is 2.23 bits per heavy atom. The van der Waals surface area contributed by atoms with Crippen LogP contribution in [0.15, 0.2) is 18.2 Å². The van der Waals surface area contributed by atoms with E-state index in [2.05, 4.69) is 5.32 Å². The van der Waals surface area contributed by atoms with E-state index in [1.165, 1.54) is 7.11 Å². The van der Waals surface area contributed by atoms with Crippen molar-refractivity contribution in [1.29, 1.82) is 0 Å². The van der Waals surface area contributed by atoms with E-state index in [9.17, 15) is 9.59 Å². The van der Waals surface area contributed by atoms with Crippen molar-refractivity contribution in [1.82, 2.24) is 5.32 Å². The predicted octanol–water partition coefficient (Wildman–Crippen LogP) is 2.23. The number of rotatable bonds is 5. The largest absolute Gasteiger partial charge is 0.467 e. The van der Waals surface area contributed by atoms with Gasteiger partial charge in [-0.2, -0.15) is 0 Å². The zero-order valence-corrected chi connectivity index (χ0v) is 13.6. The number of halogens is 2. The molecule has 1 amide bonds. The highest BCUT2D eigenvalue weighted by atomic mass is 35.5. The third-order valence-electron chi connectivity index (χ3n) is 3.54. The van der Waals surface area contributed by atoms with E-state index in [1.54, 1.807) is 18.2 Å². The number of benzene rings is 1. The molecule has 0 bridgehead atoms. The molecule has 1 heterocycles. The van der Waals surface area contributed by atoms with Gasteiger partial charge in [0, 0.05) is 23.1 Å². The van der Waals surface area contributed by atoms with Crippen molar-refractivity contribution >= 4 is 35.1 Å². The predicted molar refractivity (Wildman–Crippen MR) is 83.0 cm³/mol. The van der Waals surface area contributed by atoms with Crippen LogP contribution in [0.5, 0.6) is 0 Å². The minimum atomic E-state index is -0.795. The fourth-order valence-corrected chi connectivity index (χ4v) is 2.76. The lowest BCUT2D eigenvalue weighted by Gasteiger charge is -2.19. The molecule has 1 N–H and O–H groups in total. The highest BCUT2D eigenvalue weighted by Crippen LogP contribution is 2.22. The van der Waals surface area contributed by atoms with Gasteiger partial charge < -0.3 is 14.8 Å². The number of carbonyl (C=O) groups is 2. The zero-order chi connectivity index (χ0) is 16.1. The molecule has 5 nitrogen and oxygen atoms in total. The van der Waals surface area contributed by atoms with Crippen LogP contribution in [0, 0.1) is 5.92 Å². The first-order valence-corrected chi connectivity index (χ1v) is 7.66. The van der Waals surface area contributed by atoms with Gasteiger partial charge in [-0.05, 0) is 24.1 Å². The number of hydrogen-bond acceptors (Lipinski definition) is 4. The molecule has 0 radical (unpaired) electrons. The van der Waals surface area contributed by atoms with Gasteiger partial charge in [0.25, 0.3) is 0 Å². The number of amides is 1. The Bertz CT molecular complexity index is 558. The molecule has 1 aromatic carbocycles. The number of hydrogen-bond donors (Lipinski definition) is 1. The molecule has 0 spiro atoms. The Morgan fingerprint density at radius 1 is 1.45 bits per heavy atom. The average molecular weight is 346 g/mol. The Hall–Kier alpha value is -1.30. The van der Waals surface area contributed by atoms with Gasteiger partial charge in [-0.3, -0.25) is 4.79 Å². The van der Waals surface area contributed by atoms with Crippen LogP contribution in [0.1, 0.15) is 12.0 Å². The van der Waals surface area contributed by atoms with Gasteiger partial charge in [0.15, 0.2) is 0 Å². The third kappa shape index (κ3) is 4.35. The maximum Gasteiger partial charge on any atom is 0.328 e. The minimum Gasteiger partial charge on any atom is -0.467 e. The number of methoxy groups -OCH3 is 1. The van der Waals surface area contributed by atoms with E-state index >= 15 is 0 Å². The summed E-state index contributed by atoms with van der Waals surface area (Å²) in [7, 11) is 1.28. The SMILES string of the molecule is COC(=O)[C@H](Cc1ccc(Cl)cc1Cl)NC(=O)[C@@H]1CCOC1. The van der Waals surface area contributed by atoms with Crippen molar-refractivity contribution in [3.63, 3.8) is 0 Å². The van der Waals surface area contributed by atoms with Crippen LogP contribution in [0.25, 0.3) is 0 Å². The number of nitrogens with one attached hydrogen (secondary N) is 1. The molecule has 2 rings (SSSR count). The van der Waals surface area contributed by atoms with Crippen LogP contribution < -0.4 is 5.32 Å². The fraction of sp³-hybridized carbons (Fsp3) is 0.467. The second-order valence-corrected chi connectivity index (χ2v) is 5.93. The van der Waals surface area contributed by atoms with E-state index in [-0.39, 0.29) is 18.2 Å². The van der Waals surface area contributed by atoms with Gasteiger partial charge in [-0.15, -0.1) is 0 Å². The van der Waals surface area contributed by atoms with Gasteiger partial charge >= 0.3 is 5.97 Å². The van der Waals surface area contributed by atoms with Gasteiger partial charge in [-0.1, -0.05) is 29.3 Å². The molecule has 120 valence electrons. The van der Waals surface area contributed by atoms with Crippen molar-refractivity contribution in [3.8, 4) is 0 Å². The van der Waals surface area contributed by atoms with Crippen molar-refractivity contribution < 1.29 is 19.1 Å². The normalized spacial score (nSPS) is 18.8. The first-order valence-electron chi connectivity index (χ1n) is 6.91. The van der Waals surface area contributed by atoms with E-state index in [4.69, 9.17) is 32.7 Å². The van der Waals surface area contributed by atoms with Gasteiger partial charge in [-0.25, -0.2) is 4.79 Å². The number of carbonyl (C=O) groups excluding carboxylic acids is 2. The Kier molecular flexibility index (Phi) is 6.06. The molecular weight excluding hydrogens is 329 g/mol.